The van der Waals surface area contributed by atoms with Crippen molar-refractivity contribution in [2.75, 3.05) is 6.61 Å². The van der Waals surface area contributed by atoms with Crippen LogP contribution in [0.5, 0.6) is 5.75 Å². The predicted molar refractivity (Wildman–Crippen MR) is 95.0 cm³/mol. The molecule has 2 aromatic carbocycles. The summed E-state index contributed by atoms with van der Waals surface area (Å²) in [6, 6.07) is 17.3. The summed E-state index contributed by atoms with van der Waals surface area (Å²) in [5.74, 6) is 1.79. The third-order valence-corrected chi connectivity index (χ3v) is 3.64. The lowest BCUT2D eigenvalue weighted by Gasteiger charge is -2.10. The lowest BCUT2D eigenvalue weighted by Crippen LogP contribution is -2.25. The first-order chi connectivity index (χ1) is 12.3. The summed E-state index contributed by atoms with van der Waals surface area (Å²) in [5, 5.41) is 9.87. The second kappa shape index (κ2) is 8.10. The Bertz CT molecular complexity index is 830. The van der Waals surface area contributed by atoms with E-state index in [-0.39, 0.29) is 12.3 Å². The number of benzene rings is 2. The first-order valence-electron chi connectivity index (χ1n) is 8.20. The van der Waals surface area contributed by atoms with Gasteiger partial charge in [0.2, 0.25) is 5.91 Å². The molecule has 1 aromatic heterocycles. The average Bonchev–Trinajstić information content (AvgIpc) is 3.10. The van der Waals surface area contributed by atoms with Crippen LogP contribution in [0.2, 0.25) is 0 Å². The van der Waals surface area contributed by atoms with Crippen LogP contribution in [0.3, 0.4) is 0 Å². The highest BCUT2D eigenvalue weighted by molar-refractivity contribution is 5.77. The summed E-state index contributed by atoms with van der Waals surface area (Å²) in [6.45, 7) is 2.93. The molecule has 0 saturated heterocycles. The molecule has 1 heterocycles. The van der Waals surface area contributed by atoms with Crippen LogP contribution in [0.15, 0.2) is 54.6 Å². The number of hydrogen-bond acceptors (Lipinski definition) is 4. The molecular weight excluding hydrogens is 316 g/mol. The minimum atomic E-state index is -0.123. The van der Waals surface area contributed by atoms with Gasteiger partial charge in [-0.2, -0.15) is 5.10 Å². The number of rotatable bonds is 7. The van der Waals surface area contributed by atoms with E-state index in [9.17, 15) is 4.79 Å². The van der Waals surface area contributed by atoms with Crippen LogP contribution < -0.4 is 10.1 Å². The van der Waals surface area contributed by atoms with Crippen LogP contribution in [-0.2, 0) is 17.8 Å². The van der Waals surface area contributed by atoms with Crippen molar-refractivity contribution in [3.05, 3.63) is 66.0 Å². The van der Waals surface area contributed by atoms with E-state index in [1.165, 1.54) is 0 Å². The lowest BCUT2D eigenvalue weighted by atomic mass is 10.2. The first-order valence-corrected chi connectivity index (χ1v) is 8.20. The standard InChI is InChI=1S/C19H20N4O2/c1-2-25-16-11-7-6-10-15(16)13-20-18(24)12-17-21-19(23-22-17)14-8-4-3-5-9-14/h3-11H,2,12-13H2,1H3,(H,20,24)(H,21,22,23). The Labute approximate surface area is 146 Å². The van der Waals surface area contributed by atoms with Crippen LogP contribution in [0.25, 0.3) is 11.4 Å². The summed E-state index contributed by atoms with van der Waals surface area (Å²) in [7, 11) is 0. The van der Waals surface area contributed by atoms with Crippen LogP contribution in [0.4, 0.5) is 0 Å². The second-order valence-electron chi connectivity index (χ2n) is 5.47. The molecular formula is C19H20N4O2. The normalized spacial score (nSPS) is 10.4. The zero-order valence-corrected chi connectivity index (χ0v) is 14.0. The minimum Gasteiger partial charge on any atom is -0.494 e. The van der Waals surface area contributed by atoms with E-state index in [2.05, 4.69) is 20.5 Å². The molecule has 0 aliphatic heterocycles. The third kappa shape index (κ3) is 4.44. The van der Waals surface area contributed by atoms with Crippen molar-refractivity contribution in [1.82, 2.24) is 20.5 Å². The van der Waals surface area contributed by atoms with Gasteiger partial charge >= 0.3 is 0 Å². The maximum Gasteiger partial charge on any atom is 0.227 e. The number of carbonyl (C=O) groups excluding carboxylic acids is 1. The molecule has 0 aliphatic rings. The average molecular weight is 336 g/mol. The smallest absolute Gasteiger partial charge is 0.227 e. The van der Waals surface area contributed by atoms with Crippen molar-refractivity contribution in [2.24, 2.45) is 0 Å². The molecule has 3 rings (SSSR count). The van der Waals surface area contributed by atoms with Crippen molar-refractivity contribution in [2.45, 2.75) is 19.9 Å². The Morgan fingerprint density at radius 3 is 2.68 bits per heavy atom. The Kier molecular flexibility index (Phi) is 5.41. The van der Waals surface area contributed by atoms with Crippen molar-refractivity contribution < 1.29 is 9.53 Å². The van der Waals surface area contributed by atoms with E-state index in [0.717, 1.165) is 16.9 Å². The van der Waals surface area contributed by atoms with Gasteiger partial charge in [-0.3, -0.25) is 9.89 Å². The lowest BCUT2D eigenvalue weighted by molar-refractivity contribution is -0.120. The Hall–Kier alpha value is -3.15. The van der Waals surface area contributed by atoms with Crippen molar-refractivity contribution >= 4 is 5.91 Å². The van der Waals surface area contributed by atoms with Gasteiger partial charge in [-0.05, 0) is 13.0 Å². The Balaban J connectivity index is 1.58. The van der Waals surface area contributed by atoms with Gasteiger partial charge in [0.25, 0.3) is 0 Å². The maximum absolute atomic E-state index is 12.2. The molecule has 6 heteroatoms. The molecule has 25 heavy (non-hydrogen) atoms. The number of nitrogens with zero attached hydrogens (tertiary/aromatic N) is 2. The summed E-state index contributed by atoms with van der Waals surface area (Å²) in [4.78, 5) is 16.5. The Morgan fingerprint density at radius 2 is 1.88 bits per heavy atom. The number of H-pyrrole nitrogens is 1. The number of para-hydroxylation sites is 1. The summed E-state index contributed by atoms with van der Waals surface area (Å²) in [6.07, 6.45) is 0.149. The monoisotopic (exact) mass is 336 g/mol. The van der Waals surface area contributed by atoms with E-state index in [1.54, 1.807) is 0 Å². The zero-order valence-electron chi connectivity index (χ0n) is 14.0. The summed E-state index contributed by atoms with van der Waals surface area (Å²) >= 11 is 0. The van der Waals surface area contributed by atoms with Crippen LogP contribution in [-0.4, -0.2) is 27.7 Å². The van der Waals surface area contributed by atoms with Gasteiger partial charge < -0.3 is 10.1 Å². The molecule has 0 fully saturated rings. The van der Waals surface area contributed by atoms with Gasteiger partial charge in [-0.1, -0.05) is 48.5 Å². The highest BCUT2D eigenvalue weighted by Gasteiger charge is 2.10. The number of amides is 1. The van der Waals surface area contributed by atoms with E-state index in [0.29, 0.717) is 24.8 Å². The van der Waals surface area contributed by atoms with Gasteiger partial charge in [-0.15, -0.1) is 0 Å². The van der Waals surface area contributed by atoms with Gasteiger partial charge in [0.05, 0.1) is 13.0 Å². The number of carbonyl (C=O) groups is 1. The highest BCUT2D eigenvalue weighted by Crippen LogP contribution is 2.17. The van der Waals surface area contributed by atoms with Gasteiger partial charge in [0, 0.05) is 17.7 Å². The fourth-order valence-corrected chi connectivity index (χ4v) is 2.45. The molecule has 6 nitrogen and oxygen atoms in total. The predicted octanol–water partition coefficient (Wildman–Crippen LogP) is 2.73. The molecule has 1 amide bonds. The van der Waals surface area contributed by atoms with Gasteiger partial charge in [-0.25, -0.2) is 4.98 Å². The van der Waals surface area contributed by atoms with Crippen LogP contribution in [0.1, 0.15) is 18.3 Å². The number of hydrogen-bond donors (Lipinski definition) is 2. The molecule has 0 saturated carbocycles. The molecule has 0 atom stereocenters. The van der Waals surface area contributed by atoms with Crippen LogP contribution in [0, 0.1) is 0 Å². The van der Waals surface area contributed by atoms with Crippen LogP contribution >= 0.6 is 0 Å². The summed E-state index contributed by atoms with van der Waals surface area (Å²) < 4.78 is 5.56. The SMILES string of the molecule is CCOc1ccccc1CNC(=O)Cc1nc(-c2ccccc2)n[nH]1. The number of nitrogens with one attached hydrogen (secondary N) is 2. The zero-order chi connectivity index (χ0) is 17.5. The fraction of sp³-hybridized carbons (Fsp3) is 0.211. The fourth-order valence-electron chi connectivity index (χ4n) is 2.45. The second-order valence-corrected chi connectivity index (χ2v) is 5.47. The van der Waals surface area contributed by atoms with Crippen molar-refractivity contribution in [1.29, 1.82) is 0 Å². The highest BCUT2D eigenvalue weighted by atomic mass is 16.5. The topological polar surface area (TPSA) is 79.9 Å². The third-order valence-electron chi connectivity index (χ3n) is 3.64. The molecule has 128 valence electrons. The number of aromatic amines is 1. The molecule has 0 radical (unpaired) electrons. The van der Waals surface area contributed by atoms with Crippen molar-refractivity contribution in [3.63, 3.8) is 0 Å². The number of ether oxygens (including phenoxy) is 1. The molecule has 0 unspecified atom stereocenters. The van der Waals surface area contributed by atoms with Gasteiger partial charge in [0.15, 0.2) is 5.82 Å². The van der Waals surface area contributed by atoms with E-state index in [1.807, 2.05) is 61.5 Å². The quantitative estimate of drug-likeness (QED) is 0.695. The maximum atomic E-state index is 12.2. The molecule has 2 N–H and O–H groups in total. The molecule has 0 aliphatic carbocycles. The largest absolute Gasteiger partial charge is 0.494 e. The number of aromatic nitrogens is 3. The van der Waals surface area contributed by atoms with Gasteiger partial charge in [0.1, 0.15) is 11.6 Å². The molecule has 0 bridgehead atoms. The minimum absolute atomic E-state index is 0.123. The Morgan fingerprint density at radius 1 is 1.12 bits per heavy atom. The summed E-state index contributed by atoms with van der Waals surface area (Å²) in [5.41, 5.74) is 1.86. The van der Waals surface area contributed by atoms with E-state index >= 15 is 0 Å². The molecule has 0 spiro atoms. The van der Waals surface area contributed by atoms with E-state index < -0.39 is 0 Å². The van der Waals surface area contributed by atoms with E-state index in [4.69, 9.17) is 4.74 Å². The molecule has 3 aromatic rings. The first kappa shape index (κ1) is 16.7. The van der Waals surface area contributed by atoms with Crippen molar-refractivity contribution in [3.8, 4) is 17.1 Å².